The van der Waals surface area contributed by atoms with Crippen LogP contribution < -0.4 is 15.6 Å². The summed E-state index contributed by atoms with van der Waals surface area (Å²) in [7, 11) is 0. The van der Waals surface area contributed by atoms with Gasteiger partial charge in [0, 0.05) is 29.9 Å². The van der Waals surface area contributed by atoms with Crippen LogP contribution in [0.1, 0.15) is 41.4 Å². The second-order valence-electron chi connectivity index (χ2n) is 5.94. The van der Waals surface area contributed by atoms with Crippen LogP contribution in [-0.4, -0.2) is 28.6 Å². The zero-order chi connectivity index (χ0) is 18.2. The fraction of sp³-hybridized carbons (Fsp3) is 0.421. The molecule has 6 heteroatoms. The van der Waals surface area contributed by atoms with Crippen LogP contribution in [0.25, 0.3) is 0 Å². The fourth-order valence-electron chi connectivity index (χ4n) is 2.26. The first kappa shape index (κ1) is 18.7. The number of rotatable bonds is 8. The molecule has 0 aliphatic rings. The number of aromatic nitrogens is 2. The van der Waals surface area contributed by atoms with Crippen LogP contribution in [0.4, 0.5) is 0 Å². The van der Waals surface area contributed by atoms with Gasteiger partial charge < -0.3 is 10.1 Å². The zero-order valence-corrected chi connectivity index (χ0v) is 15.0. The normalized spacial score (nSPS) is 10.5. The lowest BCUT2D eigenvalue weighted by atomic mass is 10.2. The van der Waals surface area contributed by atoms with Crippen molar-refractivity contribution in [1.29, 1.82) is 0 Å². The third-order valence-corrected chi connectivity index (χ3v) is 4.04. The summed E-state index contributed by atoms with van der Waals surface area (Å²) in [5, 5.41) is 2.81. The molecule has 0 bridgehead atoms. The van der Waals surface area contributed by atoms with Gasteiger partial charge in [-0.2, -0.15) is 0 Å². The van der Waals surface area contributed by atoms with Gasteiger partial charge in [0.2, 0.25) is 0 Å². The third-order valence-electron chi connectivity index (χ3n) is 4.04. The van der Waals surface area contributed by atoms with Crippen LogP contribution in [0.5, 0.6) is 5.75 Å². The summed E-state index contributed by atoms with van der Waals surface area (Å²) in [5.74, 6) is 0.586. The van der Waals surface area contributed by atoms with Gasteiger partial charge in [-0.15, -0.1) is 0 Å². The average molecular weight is 343 g/mol. The number of nitrogens with one attached hydrogen (secondary N) is 1. The molecule has 0 saturated carbocycles. The van der Waals surface area contributed by atoms with E-state index in [1.54, 1.807) is 38.1 Å². The van der Waals surface area contributed by atoms with Crippen molar-refractivity contribution in [3.05, 3.63) is 57.8 Å². The van der Waals surface area contributed by atoms with E-state index in [1.807, 2.05) is 0 Å². The number of nitrogens with zero attached hydrogens (tertiary/aromatic N) is 2. The van der Waals surface area contributed by atoms with E-state index in [0.717, 1.165) is 24.3 Å². The number of carbonyl (C=O) groups excluding carboxylic acids is 1. The fourth-order valence-corrected chi connectivity index (χ4v) is 2.26. The van der Waals surface area contributed by atoms with Crippen LogP contribution in [0.3, 0.4) is 0 Å². The Kier molecular flexibility index (Phi) is 6.74. The van der Waals surface area contributed by atoms with Crippen molar-refractivity contribution in [1.82, 2.24) is 14.9 Å². The smallest absolute Gasteiger partial charge is 0.256 e. The van der Waals surface area contributed by atoms with E-state index in [1.165, 1.54) is 10.9 Å². The quantitative estimate of drug-likeness (QED) is 0.747. The first-order valence-corrected chi connectivity index (χ1v) is 8.56. The Balaban J connectivity index is 1.86. The highest BCUT2D eigenvalue weighted by atomic mass is 16.5. The van der Waals surface area contributed by atoms with Gasteiger partial charge in [-0.1, -0.05) is 13.3 Å². The Morgan fingerprint density at radius 2 is 1.96 bits per heavy atom. The minimum absolute atomic E-state index is 0.0738. The van der Waals surface area contributed by atoms with E-state index in [9.17, 15) is 9.59 Å². The van der Waals surface area contributed by atoms with Crippen molar-refractivity contribution in [3.8, 4) is 5.75 Å². The van der Waals surface area contributed by atoms with Crippen LogP contribution in [-0.2, 0) is 6.54 Å². The van der Waals surface area contributed by atoms with Crippen molar-refractivity contribution in [2.24, 2.45) is 0 Å². The van der Waals surface area contributed by atoms with Gasteiger partial charge in [0.1, 0.15) is 5.75 Å². The largest absolute Gasteiger partial charge is 0.494 e. The Bertz CT molecular complexity index is 766. The molecule has 0 saturated heterocycles. The lowest BCUT2D eigenvalue weighted by molar-refractivity contribution is 0.0952. The van der Waals surface area contributed by atoms with Crippen molar-refractivity contribution in [2.45, 2.75) is 40.2 Å². The van der Waals surface area contributed by atoms with Crippen LogP contribution >= 0.6 is 0 Å². The number of amides is 1. The maximum absolute atomic E-state index is 12.2. The van der Waals surface area contributed by atoms with E-state index < -0.39 is 0 Å². The molecule has 2 aromatic rings. The summed E-state index contributed by atoms with van der Waals surface area (Å²) in [6, 6.07) is 7.06. The predicted octanol–water partition coefficient (Wildman–Crippen LogP) is 2.47. The molecule has 0 atom stereocenters. The van der Waals surface area contributed by atoms with Crippen LogP contribution in [0.2, 0.25) is 0 Å². The molecule has 1 heterocycles. The number of hydrogen-bond donors (Lipinski definition) is 1. The molecule has 25 heavy (non-hydrogen) atoms. The van der Waals surface area contributed by atoms with Crippen LogP contribution in [0, 0.1) is 13.8 Å². The summed E-state index contributed by atoms with van der Waals surface area (Å²) < 4.78 is 7.08. The lowest BCUT2D eigenvalue weighted by Crippen LogP contribution is -2.32. The van der Waals surface area contributed by atoms with Crippen molar-refractivity contribution in [2.75, 3.05) is 13.2 Å². The van der Waals surface area contributed by atoms with Gasteiger partial charge >= 0.3 is 0 Å². The molecule has 1 N–H and O–H groups in total. The van der Waals surface area contributed by atoms with Crippen molar-refractivity contribution in [3.63, 3.8) is 0 Å². The Hall–Kier alpha value is -2.63. The number of benzene rings is 1. The molecule has 0 radical (unpaired) electrons. The number of carbonyl (C=O) groups is 1. The molecule has 1 amide bonds. The van der Waals surface area contributed by atoms with Crippen molar-refractivity contribution >= 4 is 5.91 Å². The van der Waals surface area contributed by atoms with E-state index in [4.69, 9.17) is 4.74 Å². The molecular weight excluding hydrogens is 318 g/mol. The molecular formula is C19H25N3O3. The lowest BCUT2D eigenvalue weighted by Gasteiger charge is -2.09. The van der Waals surface area contributed by atoms with E-state index in [0.29, 0.717) is 30.8 Å². The summed E-state index contributed by atoms with van der Waals surface area (Å²) in [5.41, 5.74) is 1.85. The van der Waals surface area contributed by atoms with Gasteiger partial charge in [-0.05, 0) is 44.5 Å². The summed E-state index contributed by atoms with van der Waals surface area (Å²) >= 11 is 0. The molecule has 0 spiro atoms. The minimum atomic E-state index is -0.176. The molecule has 0 fully saturated rings. The third kappa shape index (κ3) is 5.17. The van der Waals surface area contributed by atoms with Gasteiger partial charge in [0.05, 0.1) is 12.9 Å². The second-order valence-corrected chi connectivity index (χ2v) is 5.94. The summed E-state index contributed by atoms with van der Waals surface area (Å²) in [4.78, 5) is 28.4. The predicted molar refractivity (Wildman–Crippen MR) is 97.1 cm³/mol. The molecule has 1 aromatic heterocycles. The molecule has 6 nitrogen and oxygen atoms in total. The topological polar surface area (TPSA) is 73.2 Å². The standard InChI is InChI=1S/C19H25N3O3/c1-4-5-12-25-17-8-6-16(7-9-17)18(23)20-10-11-22-13-21-15(3)14(2)19(22)24/h6-9,13H,4-5,10-12H2,1-3H3,(H,20,23). The summed E-state index contributed by atoms with van der Waals surface area (Å²) in [6.07, 6.45) is 3.60. The first-order valence-electron chi connectivity index (χ1n) is 8.56. The maximum Gasteiger partial charge on any atom is 0.256 e. The maximum atomic E-state index is 12.2. The van der Waals surface area contributed by atoms with Gasteiger partial charge in [-0.3, -0.25) is 14.2 Å². The van der Waals surface area contributed by atoms with Crippen molar-refractivity contribution < 1.29 is 9.53 Å². The van der Waals surface area contributed by atoms with E-state index in [2.05, 4.69) is 17.2 Å². The SMILES string of the molecule is CCCCOc1ccc(C(=O)NCCn2cnc(C)c(C)c2=O)cc1. The molecule has 2 rings (SSSR count). The van der Waals surface area contributed by atoms with E-state index in [-0.39, 0.29) is 11.5 Å². The average Bonchev–Trinajstić information content (AvgIpc) is 2.62. The highest BCUT2D eigenvalue weighted by Crippen LogP contribution is 2.12. The Morgan fingerprint density at radius 1 is 1.24 bits per heavy atom. The van der Waals surface area contributed by atoms with Gasteiger partial charge in [0.15, 0.2) is 0 Å². The summed E-state index contributed by atoms with van der Waals surface area (Å²) in [6.45, 7) is 7.09. The second kappa shape index (κ2) is 9.01. The van der Waals surface area contributed by atoms with Gasteiger partial charge in [0.25, 0.3) is 11.5 Å². The molecule has 0 unspecified atom stereocenters. The zero-order valence-electron chi connectivity index (χ0n) is 15.0. The molecule has 134 valence electrons. The first-order chi connectivity index (χ1) is 12.0. The highest BCUT2D eigenvalue weighted by molar-refractivity contribution is 5.94. The van der Waals surface area contributed by atoms with Gasteiger partial charge in [-0.25, -0.2) is 4.98 Å². The molecule has 1 aromatic carbocycles. The minimum Gasteiger partial charge on any atom is -0.494 e. The number of hydrogen-bond acceptors (Lipinski definition) is 4. The highest BCUT2D eigenvalue weighted by Gasteiger charge is 2.07. The number of ether oxygens (including phenoxy) is 1. The molecule has 0 aliphatic heterocycles. The van der Waals surface area contributed by atoms with E-state index >= 15 is 0 Å². The molecule has 0 aliphatic carbocycles. The Labute approximate surface area is 147 Å². The Morgan fingerprint density at radius 3 is 2.64 bits per heavy atom. The number of unbranched alkanes of at least 4 members (excludes halogenated alkanes) is 1. The monoisotopic (exact) mass is 343 g/mol. The number of aryl methyl sites for hydroxylation is 1. The van der Waals surface area contributed by atoms with Crippen LogP contribution in [0.15, 0.2) is 35.4 Å².